The van der Waals surface area contributed by atoms with Crippen molar-refractivity contribution < 1.29 is 32.3 Å². The number of halogens is 2. The average Bonchev–Trinajstić information content (AvgIpc) is 3.77. The number of aliphatic carboxylic acids is 1. The molecule has 3 heterocycles. The van der Waals surface area contributed by atoms with E-state index in [1.165, 1.54) is 6.07 Å². The van der Waals surface area contributed by atoms with Crippen molar-refractivity contribution in [3.63, 3.8) is 0 Å². The highest BCUT2D eigenvalue weighted by Gasteiger charge is 2.31. The largest absolute Gasteiger partial charge is 0.480 e. The summed E-state index contributed by atoms with van der Waals surface area (Å²) in [6.07, 6.45) is 4.17. The van der Waals surface area contributed by atoms with Crippen LogP contribution in [-0.4, -0.2) is 45.1 Å². The van der Waals surface area contributed by atoms with Crippen LogP contribution in [0.1, 0.15) is 47.4 Å². The van der Waals surface area contributed by atoms with Gasteiger partial charge in [-0.15, -0.1) is 0 Å². The number of nitrogens with zero attached hydrogens (tertiary/aromatic N) is 3. The van der Waals surface area contributed by atoms with Crippen molar-refractivity contribution in [3.05, 3.63) is 76.7 Å². The first-order valence-corrected chi connectivity index (χ1v) is 14.8. The van der Waals surface area contributed by atoms with Crippen molar-refractivity contribution in [2.45, 2.75) is 65.1 Å². The minimum Gasteiger partial charge on any atom is -0.480 e. The topological polar surface area (TPSA) is 102 Å². The molecule has 2 aliphatic rings. The molecule has 226 valence electrons. The number of oxazole rings is 2. The number of carbonyl (C=O) groups is 1. The van der Waals surface area contributed by atoms with E-state index in [2.05, 4.69) is 13.0 Å². The van der Waals surface area contributed by atoms with Crippen molar-refractivity contribution in [1.29, 1.82) is 0 Å². The monoisotopic (exact) mass is 599 g/mol. The van der Waals surface area contributed by atoms with Gasteiger partial charge in [-0.2, -0.15) is 8.78 Å². The zero-order chi connectivity index (χ0) is 30.5. The Bertz CT molecular complexity index is 1870. The number of ether oxygens (including phenoxy) is 1. The average molecular weight is 600 g/mol. The van der Waals surface area contributed by atoms with E-state index in [1.54, 1.807) is 11.0 Å². The van der Waals surface area contributed by atoms with Gasteiger partial charge in [0, 0.05) is 35.7 Å². The minimum absolute atomic E-state index is 0.0540. The maximum atomic E-state index is 13.4. The second-order valence-electron chi connectivity index (χ2n) is 11.5. The van der Waals surface area contributed by atoms with Gasteiger partial charge < -0.3 is 18.7 Å². The molecule has 10 heteroatoms. The molecular formula is C34H31F2N3O5. The molecule has 8 nitrogen and oxygen atoms in total. The van der Waals surface area contributed by atoms with Crippen molar-refractivity contribution in [2.75, 3.05) is 6.54 Å². The summed E-state index contributed by atoms with van der Waals surface area (Å²) in [5.41, 5.74) is 7.99. The van der Waals surface area contributed by atoms with Gasteiger partial charge in [-0.3, -0.25) is 9.69 Å². The third-order valence-electron chi connectivity index (χ3n) is 8.82. The molecule has 0 bridgehead atoms. The normalized spacial score (nSPS) is 16.7. The van der Waals surface area contributed by atoms with Gasteiger partial charge in [-0.25, -0.2) is 9.97 Å². The molecule has 7 rings (SSSR count). The van der Waals surface area contributed by atoms with Crippen LogP contribution in [0.15, 0.2) is 57.4 Å². The number of hydrogen-bond acceptors (Lipinski definition) is 7. The number of benzene rings is 3. The predicted octanol–water partition coefficient (Wildman–Crippen LogP) is 7.57. The molecule has 0 saturated carbocycles. The number of fused-ring (bicyclic) bond motifs is 2. The lowest BCUT2D eigenvalue weighted by atomic mass is 9.91. The lowest BCUT2D eigenvalue weighted by Crippen LogP contribution is -2.35. The lowest BCUT2D eigenvalue weighted by Gasteiger charge is -2.22. The number of aryl methyl sites for hydroxylation is 2. The summed E-state index contributed by atoms with van der Waals surface area (Å²) in [6, 6.07) is 14.4. The number of carboxylic acids is 1. The van der Waals surface area contributed by atoms with Crippen LogP contribution < -0.4 is 4.74 Å². The number of alkyl halides is 2. The molecule has 0 radical (unpaired) electrons. The van der Waals surface area contributed by atoms with Crippen molar-refractivity contribution in [2.24, 2.45) is 0 Å². The molecule has 3 aromatic carbocycles. The van der Waals surface area contributed by atoms with Gasteiger partial charge in [0.05, 0.1) is 5.69 Å². The third kappa shape index (κ3) is 5.02. The number of likely N-dealkylation sites (tertiary alicyclic amines) is 1. The minimum atomic E-state index is -3.04. The van der Waals surface area contributed by atoms with Crippen LogP contribution in [0.3, 0.4) is 0 Å². The van der Waals surface area contributed by atoms with Crippen LogP contribution in [0.4, 0.5) is 8.78 Å². The number of hydrogen-bond donors (Lipinski definition) is 1. The Morgan fingerprint density at radius 2 is 1.66 bits per heavy atom. The molecule has 1 saturated heterocycles. The number of aromatic nitrogens is 2. The van der Waals surface area contributed by atoms with Gasteiger partial charge in [-0.05, 0) is 86.5 Å². The highest BCUT2D eigenvalue weighted by atomic mass is 19.3. The Morgan fingerprint density at radius 3 is 2.32 bits per heavy atom. The van der Waals surface area contributed by atoms with Crippen LogP contribution in [0, 0.1) is 13.8 Å². The maximum Gasteiger partial charge on any atom is 0.387 e. The van der Waals surface area contributed by atoms with E-state index in [1.807, 2.05) is 37.3 Å². The van der Waals surface area contributed by atoms with E-state index in [4.69, 9.17) is 23.5 Å². The van der Waals surface area contributed by atoms with Gasteiger partial charge in [-0.1, -0.05) is 24.3 Å². The number of carboxylic acid groups (broad SMARTS) is 1. The van der Waals surface area contributed by atoms with Crippen LogP contribution in [0.2, 0.25) is 0 Å². The maximum absolute atomic E-state index is 13.4. The molecule has 2 aromatic heterocycles. The summed E-state index contributed by atoms with van der Waals surface area (Å²) in [5, 5.41) is 9.60. The third-order valence-corrected chi connectivity index (χ3v) is 8.82. The smallest absolute Gasteiger partial charge is 0.387 e. The van der Waals surface area contributed by atoms with Gasteiger partial charge in [0.15, 0.2) is 5.58 Å². The van der Waals surface area contributed by atoms with E-state index in [9.17, 15) is 18.7 Å². The quantitative estimate of drug-likeness (QED) is 0.195. The van der Waals surface area contributed by atoms with E-state index < -0.39 is 18.6 Å². The van der Waals surface area contributed by atoms with Gasteiger partial charge in [0.25, 0.3) is 0 Å². The molecule has 0 amide bonds. The summed E-state index contributed by atoms with van der Waals surface area (Å²) < 4.78 is 43.8. The van der Waals surface area contributed by atoms with Crippen LogP contribution >= 0.6 is 0 Å². The number of rotatable bonds is 8. The van der Waals surface area contributed by atoms with Crippen LogP contribution in [0.25, 0.3) is 45.1 Å². The van der Waals surface area contributed by atoms with E-state index in [-0.39, 0.29) is 12.3 Å². The molecule has 1 atom stereocenters. The molecule has 44 heavy (non-hydrogen) atoms. The second kappa shape index (κ2) is 11.2. The zero-order valence-corrected chi connectivity index (χ0v) is 24.4. The van der Waals surface area contributed by atoms with Crippen LogP contribution in [0.5, 0.6) is 5.75 Å². The van der Waals surface area contributed by atoms with Crippen molar-refractivity contribution in [1.82, 2.24) is 14.9 Å². The van der Waals surface area contributed by atoms with Gasteiger partial charge >= 0.3 is 12.6 Å². The fourth-order valence-electron chi connectivity index (χ4n) is 6.58. The highest BCUT2D eigenvalue weighted by molar-refractivity contribution is 5.84. The molecule has 1 N–H and O–H groups in total. The Morgan fingerprint density at radius 1 is 0.977 bits per heavy atom. The molecule has 0 unspecified atom stereocenters. The van der Waals surface area contributed by atoms with Crippen molar-refractivity contribution >= 4 is 17.1 Å². The van der Waals surface area contributed by atoms with Crippen LogP contribution in [-0.2, 0) is 24.2 Å². The molecule has 1 aliphatic heterocycles. The first-order valence-electron chi connectivity index (χ1n) is 14.8. The second-order valence-corrected chi connectivity index (χ2v) is 11.5. The summed E-state index contributed by atoms with van der Waals surface area (Å²) in [4.78, 5) is 23.0. The summed E-state index contributed by atoms with van der Waals surface area (Å²) >= 11 is 0. The summed E-state index contributed by atoms with van der Waals surface area (Å²) in [5.74, 6) is 0.988. The standard InChI is InChI=1S/C34H31F2N3O5/c1-18-21(7-3-9-23(18)31-37-25-11-5-13-28(25)42-31)22-8-4-10-24(19(22)2)32-38-26-15-20(17-39-14-6-12-27(39)33(40)41)29(44-34(35)36)16-30(26)43-32/h3-4,7-10,15-16,27,34H,5-6,11-14,17H2,1-2H3,(H,40,41)/t27-/m0/s1. The molecular weight excluding hydrogens is 568 g/mol. The van der Waals surface area contributed by atoms with E-state index in [0.29, 0.717) is 41.4 Å². The predicted molar refractivity (Wildman–Crippen MR) is 160 cm³/mol. The highest BCUT2D eigenvalue weighted by Crippen LogP contribution is 2.39. The molecule has 5 aromatic rings. The Hall–Kier alpha value is -4.57. The van der Waals surface area contributed by atoms with Gasteiger partial charge in [0.1, 0.15) is 23.1 Å². The SMILES string of the molecule is Cc1c(-c2nc3c(o2)CCC3)cccc1-c1cccc(-c2nc3cc(CN4CCC[C@H]4C(=O)O)c(OC(F)F)cc3o2)c1C. The van der Waals surface area contributed by atoms with Crippen molar-refractivity contribution in [3.8, 4) is 39.8 Å². The first kappa shape index (κ1) is 28.2. The summed E-state index contributed by atoms with van der Waals surface area (Å²) in [7, 11) is 0. The molecule has 1 fully saturated rings. The first-order chi connectivity index (χ1) is 21.3. The lowest BCUT2D eigenvalue weighted by molar-refractivity contribution is -0.142. The Labute approximate surface area is 252 Å². The Balaban J connectivity index is 1.25. The summed E-state index contributed by atoms with van der Waals surface area (Å²) in [6.45, 7) is 1.72. The zero-order valence-electron chi connectivity index (χ0n) is 24.4. The Kier molecular flexibility index (Phi) is 7.16. The van der Waals surface area contributed by atoms with E-state index in [0.717, 1.165) is 70.5 Å². The molecule has 0 spiro atoms. The molecule has 1 aliphatic carbocycles. The fourth-order valence-corrected chi connectivity index (χ4v) is 6.58. The van der Waals surface area contributed by atoms with Gasteiger partial charge in [0.2, 0.25) is 11.8 Å². The fraction of sp³-hybridized carbons (Fsp3) is 0.324. The van der Waals surface area contributed by atoms with E-state index >= 15 is 0 Å².